The number of benzene rings is 4. The molecule has 0 radical (unpaired) electrons. The summed E-state index contributed by atoms with van der Waals surface area (Å²) in [6, 6.07) is 38.8. The Kier molecular flexibility index (Phi) is 6.43. The van der Waals surface area contributed by atoms with Crippen LogP contribution in [-0.2, 0) is 0 Å². The lowest BCUT2D eigenvalue weighted by Gasteiger charge is -2.26. The largest absolute Gasteiger partial charge is 0.454 e. The first-order valence-corrected chi connectivity index (χ1v) is 16.1. The molecule has 2 aliphatic carbocycles. The zero-order valence-electron chi connectivity index (χ0n) is 23.3. The molecule has 0 fully saturated rings. The van der Waals surface area contributed by atoms with Gasteiger partial charge in [0, 0.05) is 16.2 Å². The Bertz CT molecular complexity index is 2040. The number of para-hydroxylation sites is 2. The molecule has 3 heteroatoms. The molecule has 42 heavy (non-hydrogen) atoms. The van der Waals surface area contributed by atoms with Crippen molar-refractivity contribution in [3.8, 4) is 0 Å². The fraction of sp³-hybridized carbons (Fsp3) is 0.103. The monoisotopic (exact) mass is 559 g/mol. The Hall–Kier alpha value is -4.52. The molecule has 0 atom stereocenters. The van der Waals surface area contributed by atoms with E-state index in [-0.39, 0.29) is 0 Å². The Morgan fingerprint density at radius 1 is 0.524 bits per heavy atom. The maximum Gasteiger partial charge on any atom is 0.161 e. The van der Waals surface area contributed by atoms with Crippen molar-refractivity contribution in [2.45, 2.75) is 25.7 Å². The van der Waals surface area contributed by atoms with Crippen LogP contribution < -0.4 is 10.6 Å². The topological polar surface area (TPSA) is 26.0 Å². The van der Waals surface area contributed by atoms with E-state index in [1.54, 1.807) is 5.31 Å². The number of allylic oxidation sites excluding steroid dienone is 8. The van der Waals surface area contributed by atoms with Gasteiger partial charge in [-0.2, -0.15) is 0 Å². The highest BCUT2D eigenvalue weighted by Gasteiger charge is 2.23. The van der Waals surface area contributed by atoms with Gasteiger partial charge in [0.05, 0.1) is 5.52 Å². The van der Waals surface area contributed by atoms with Gasteiger partial charge < -0.3 is 4.42 Å². The van der Waals surface area contributed by atoms with Gasteiger partial charge in [0.1, 0.15) is 11.3 Å². The van der Waals surface area contributed by atoms with Crippen LogP contribution in [0.2, 0.25) is 0 Å². The molecule has 0 unspecified atom stereocenters. The summed E-state index contributed by atoms with van der Waals surface area (Å²) in [5.41, 5.74) is 7.97. The average molecular weight is 560 g/mol. The second-order valence-corrected chi connectivity index (χ2v) is 13.3. The minimum absolute atomic E-state index is 0.517. The normalized spacial score (nSPS) is 15.5. The maximum absolute atomic E-state index is 6.45. The van der Waals surface area contributed by atoms with Gasteiger partial charge in [-0.25, -0.2) is 4.98 Å². The third kappa shape index (κ3) is 4.44. The number of aromatic nitrogens is 1. The molecule has 0 N–H and O–H groups in total. The van der Waals surface area contributed by atoms with Crippen LogP contribution in [-0.4, -0.2) is 4.98 Å². The molecule has 6 aromatic rings. The van der Waals surface area contributed by atoms with Crippen LogP contribution in [0.1, 0.15) is 31.4 Å². The van der Waals surface area contributed by atoms with Gasteiger partial charge in [0.25, 0.3) is 0 Å². The minimum atomic E-state index is -0.517. The minimum Gasteiger partial charge on any atom is -0.454 e. The van der Waals surface area contributed by atoms with Gasteiger partial charge in [0.15, 0.2) is 5.58 Å². The zero-order valence-corrected chi connectivity index (χ0v) is 24.2. The molecule has 2 aromatic heterocycles. The van der Waals surface area contributed by atoms with E-state index in [4.69, 9.17) is 9.40 Å². The molecule has 2 nitrogen and oxygen atoms in total. The van der Waals surface area contributed by atoms with E-state index in [0.29, 0.717) is 0 Å². The molecule has 202 valence electrons. The molecule has 0 aliphatic heterocycles. The van der Waals surface area contributed by atoms with Crippen molar-refractivity contribution in [2.75, 3.05) is 0 Å². The number of furan rings is 1. The highest BCUT2D eigenvalue weighted by Crippen LogP contribution is 2.48. The predicted octanol–water partition coefficient (Wildman–Crippen LogP) is 9.97. The molecule has 8 rings (SSSR count). The van der Waals surface area contributed by atoms with Crippen LogP contribution in [0.3, 0.4) is 0 Å². The van der Waals surface area contributed by atoms with E-state index < -0.39 is 7.92 Å². The van der Waals surface area contributed by atoms with Crippen LogP contribution in [0.15, 0.2) is 154 Å². The van der Waals surface area contributed by atoms with Crippen molar-refractivity contribution in [1.29, 1.82) is 0 Å². The van der Waals surface area contributed by atoms with Gasteiger partial charge in [-0.05, 0) is 78.4 Å². The van der Waals surface area contributed by atoms with E-state index in [1.807, 2.05) is 6.07 Å². The Balaban J connectivity index is 1.15. The van der Waals surface area contributed by atoms with Crippen LogP contribution in [0, 0.1) is 0 Å². The van der Waals surface area contributed by atoms with E-state index in [9.17, 15) is 0 Å². The summed E-state index contributed by atoms with van der Waals surface area (Å²) in [5, 5.41) is 7.86. The Labute approximate surface area is 247 Å². The zero-order chi connectivity index (χ0) is 27.9. The molecule has 0 saturated carbocycles. The SMILES string of the molecule is C1=C(C2=CC=C(P(c3ccccc3)c3ccccc3)CC2)CCC(c2nc3ccccc3c3c2oc2ccccc23)=C1. The summed E-state index contributed by atoms with van der Waals surface area (Å²) in [7, 11) is -0.517. The van der Waals surface area contributed by atoms with Crippen LogP contribution in [0.4, 0.5) is 0 Å². The van der Waals surface area contributed by atoms with Crippen molar-refractivity contribution in [1.82, 2.24) is 4.98 Å². The molecule has 4 aromatic carbocycles. The summed E-state index contributed by atoms with van der Waals surface area (Å²) in [6.45, 7) is 0. The summed E-state index contributed by atoms with van der Waals surface area (Å²) >= 11 is 0. The van der Waals surface area contributed by atoms with E-state index in [1.165, 1.54) is 32.7 Å². The van der Waals surface area contributed by atoms with Crippen LogP contribution in [0.5, 0.6) is 0 Å². The van der Waals surface area contributed by atoms with Crippen molar-refractivity contribution in [3.63, 3.8) is 0 Å². The average Bonchev–Trinajstić information content (AvgIpc) is 3.46. The second kappa shape index (κ2) is 10.7. The number of fused-ring (bicyclic) bond motifs is 5. The Morgan fingerprint density at radius 3 is 1.76 bits per heavy atom. The van der Waals surface area contributed by atoms with E-state index >= 15 is 0 Å². The standard InChI is InChI=1S/C39H30NOP/c1-3-11-30(12-4-1)42(31-13-5-2-6-14-31)32-25-23-28(24-26-32)27-19-21-29(22-20-27)38-39-37(33-15-7-9-17-35(33)40-38)34-16-8-10-18-36(34)41-39/h1-19,21,23,25H,20,22,24,26H2. The first kappa shape index (κ1) is 25.2. The Morgan fingerprint density at radius 2 is 1.10 bits per heavy atom. The van der Waals surface area contributed by atoms with Crippen molar-refractivity contribution < 1.29 is 4.42 Å². The molecular formula is C39H30NOP. The summed E-state index contributed by atoms with van der Waals surface area (Å²) in [5.74, 6) is 0. The van der Waals surface area contributed by atoms with Crippen molar-refractivity contribution >= 4 is 56.9 Å². The lowest BCUT2D eigenvalue weighted by molar-refractivity contribution is 0.665. The molecule has 2 aliphatic rings. The number of hydrogen-bond acceptors (Lipinski definition) is 2. The quantitative estimate of drug-likeness (QED) is 0.197. The maximum atomic E-state index is 6.45. The van der Waals surface area contributed by atoms with Gasteiger partial charge in [-0.15, -0.1) is 0 Å². The highest BCUT2D eigenvalue weighted by molar-refractivity contribution is 7.76. The van der Waals surface area contributed by atoms with Crippen molar-refractivity contribution in [2.24, 2.45) is 0 Å². The third-order valence-corrected chi connectivity index (χ3v) is 11.1. The lowest BCUT2D eigenvalue weighted by atomic mass is 9.88. The highest BCUT2D eigenvalue weighted by atomic mass is 31.1. The first-order chi connectivity index (χ1) is 20.8. The van der Waals surface area contributed by atoms with E-state index in [0.717, 1.165) is 58.8 Å². The van der Waals surface area contributed by atoms with Gasteiger partial charge in [-0.3, -0.25) is 0 Å². The lowest BCUT2D eigenvalue weighted by Crippen LogP contribution is -2.14. The summed E-state index contributed by atoms with van der Waals surface area (Å²) in [4.78, 5) is 5.13. The number of rotatable bonds is 5. The molecule has 0 spiro atoms. The molecule has 0 bridgehead atoms. The van der Waals surface area contributed by atoms with Crippen LogP contribution in [0.25, 0.3) is 38.4 Å². The smallest absolute Gasteiger partial charge is 0.161 e. The van der Waals surface area contributed by atoms with Gasteiger partial charge in [-0.1, -0.05) is 121 Å². The molecular weight excluding hydrogens is 529 g/mol. The molecule has 2 heterocycles. The second-order valence-electron chi connectivity index (χ2n) is 11.0. The first-order valence-electron chi connectivity index (χ1n) is 14.7. The van der Waals surface area contributed by atoms with Gasteiger partial charge >= 0.3 is 0 Å². The molecule has 0 saturated heterocycles. The number of nitrogens with zero attached hydrogens (tertiary/aromatic N) is 1. The number of hydrogen-bond donors (Lipinski definition) is 0. The predicted molar refractivity (Wildman–Crippen MR) is 179 cm³/mol. The number of pyridine rings is 1. The molecule has 0 amide bonds. The van der Waals surface area contributed by atoms with Crippen molar-refractivity contribution in [3.05, 3.63) is 156 Å². The third-order valence-electron chi connectivity index (χ3n) is 8.53. The van der Waals surface area contributed by atoms with Gasteiger partial charge in [0.2, 0.25) is 0 Å². The van der Waals surface area contributed by atoms with Crippen LogP contribution >= 0.6 is 7.92 Å². The van der Waals surface area contributed by atoms with E-state index in [2.05, 4.69) is 127 Å². The fourth-order valence-corrected chi connectivity index (χ4v) is 8.93. The summed E-state index contributed by atoms with van der Waals surface area (Å²) < 4.78 is 6.45. The summed E-state index contributed by atoms with van der Waals surface area (Å²) in [6.07, 6.45) is 13.6. The fourth-order valence-electron chi connectivity index (χ4n) is 6.47.